The fraction of sp³-hybridized carbons (Fsp3) is 0.536. The second kappa shape index (κ2) is 24.2. The molecule has 2 aliphatic rings. The zero-order chi connectivity index (χ0) is 46.6. The summed E-state index contributed by atoms with van der Waals surface area (Å²) in [5.41, 5.74) is 7.67. The third kappa shape index (κ3) is 13.8. The van der Waals surface area contributed by atoms with Crippen molar-refractivity contribution in [2.75, 3.05) is 0 Å². The average Bonchev–Trinajstić information content (AvgIpc) is 3.55. The van der Waals surface area contributed by atoms with Crippen LogP contribution in [0.2, 0.25) is 36.3 Å². The molecule has 1 aliphatic heterocycles. The van der Waals surface area contributed by atoms with Crippen LogP contribution >= 0.6 is 15.9 Å². The molecule has 0 bridgehead atoms. The van der Waals surface area contributed by atoms with E-state index in [1.165, 1.54) is 107 Å². The van der Waals surface area contributed by atoms with Crippen LogP contribution in [0.5, 0.6) is 11.5 Å². The summed E-state index contributed by atoms with van der Waals surface area (Å²) < 4.78 is 0. The van der Waals surface area contributed by atoms with Gasteiger partial charge < -0.3 is 0 Å². The van der Waals surface area contributed by atoms with Crippen LogP contribution < -0.4 is 10.4 Å². The molecule has 4 atom stereocenters. The van der Waals surface area contributed by atoms with E-state index in [9.17, 15) is 10.2 Å². The predicted octanol–water partition coefficient (Wildman–Crippen LogP) is 16.1. The van der Waals surface area contributed by atoms with Crippen LogP contribution in [0.25, 0.3) is 0 Å². The van der Waals surface area contributed by atoms with E-state index in [-0.39, 0.29) is 26.3 Å². The molecule has 1 heterocycles. The van der Waals surface area contributed by atoms with E-state index < -0.39 is 16.1 Å². The SMILES string of the molecule is CC[Si](CC)(CC)c1cc(C(C)(C)C)cc(C[S]2=[Ti]=[S@@](Cc3cc(C(C)(C)C)cc([Si](CC)(CC)CC)c3O)C3CCCCCC[C@@H]32)c1O.[CH2-]c1ccccc1.[CH2-]c1ccccc1. The summed E-state index contributed by atoms with van der Waals surface area (Å²) in [6.45, 7) is 35.8. The summed E-state index contributed by atoms with van der Waals surface area (Å²) in [5.74, 6) is 3.54. The van der Waals surface area contributed by atoms with Gasteiger partial charge in [0.15, 0.2) is 0 Å². The number of phenolic OH excluding ortho intramolecular Hbond substituents is 2. The molecule has 2 unspecified atom stereocenters. The van der Waals surface area contributed by atoms with Crippen molar-refractivity contribution in [3.05, 3.63) is 132 Å². The Balaban J connectivity index is 0.000000523. The van der Waals surface area contributed by atoms with E-state index in [0.717, 1.165) is 33.1 Å². The minimum absolute atomic E-state index is 0.0655. The fourth-order valence-corrected chi connectivity index (χ4v) is 38.2. The third-order valence-electron chi connectivity index (χ3n) is 14.7. The van der Waals surface area contributed by atoms with E-state index in [1.807, 2.05) is 60.7 Å². The Hall–Kier alpha value is -1.93. The van der Waals surface area contributed by atoms with Gasteiger partial charge in [0.05, 0.1) is 0 Å². The monoisotopic (exact) mass is 959 g/mol. The number of fused-ring (bicyclic) bond motifs is 1. The maximum Gasteiger partial charge on any atom is -0.0866 e. The summed E-state index contributed by atoms with van der Waals surface area (Å²) >= 11 is -0.248. The Morgan fingerprint density at radius 2 is 0.841 bits per heavy atom. The van der Waals surface area contributed by atoms with Gasteiger partial charge in [-0.3, -0.25) is 0 Å². The Kier molecular flexibility index (Phi) is 20.6. The van der Waals surface area contributed by atoms with Gasteiger partial charge in [-0.05, 0) is 0 Å². The van der Waals surface area contributed by atoms with Crippen molar-refractivity contribution in [1.29, 1.82) is 0 Å². The van der Waals surface area contributed by atoms with Crippen LogP contribution in [0.1, 0.15) is 155 Å². The summed E-state index contributed by atoms with van der Waals surface area (Å²) in [7, 11) is -2.81. The minimum Gasteiger partial charge on any atom is -0.199 e. The molecular formula is C56H86O2S2Si2Ti-2. The van der Waals surface area contributed by atoms with Crippen molar-refractivity contribution in [1.82, 2.24) is 0 Å². The van der Waals surface area contributed by atoms with E-state index in [4.69, 9.17) is 0 Å². The van der Waals surface area contributed by atoms with Crippen LogP contribution in [0.3, 0.4) is 0 Å². The molecule has 4 aromatic rings. The molecule has 1 saturated carbocycles. The van der Waals surface area contributed by atoms with Crippen LogP contribution in [0, 0.1) is 13.8 Å². The Morgan fingerprint density at radius 1 is 0.524 bits per heavy atom. The second-order valence-corrected chi connectivity index (χ2v) is 42.4. The Bertz CT molecular complexity index is 1960. The molecule has 7 heteroatoms. The minimum atomic E-state index is -1.77. The van der Waals surface area contributed by atoms with Gasteiger partial charge in [0.1, 0.15) is 0 Å². The standard InChI is InChI=1S/C42H72O2S2Si2.2C7H7.Ti/c1-13-47(14-2,15-3)37-27-33(41(7,8)9)25-31(39(37)43)29-45-35-23-21-19-20-22-24-36(35)46-30-32-26-34(42(10,11)12)28-38(40(32)44)48(16-4,17-5)18-6;2*1-7-5-3-2-4-6-7;/h25-28,35-36,43-44H,13-24,29-30H2,1-12H3;2*2-6H,1H2;/q;2*-1;/t35-,36?;;;/m0.../s1. The summed E-state index contributed by atoms with van der Waals surface area (Å²) in [6.07, 6.45) is 8.27. The topological polar surface area (TPSA) is 40.5 Å². The van der Waals surface area contributed by atoms with Crippen molar-refractivity contribution in [3.63, 3.8) is 0 Å². The number of aromatic hydroxyl groups is 2. The van der Waals surface area contributed by atoms with E-state index in [1.54, 1.807) is 0 Å². The first-order valence-corrected chi connectivity index (χ1v) is 36.4. The average molecular weight is 959 g/mol. The molecule has 0 radical (unpaired) electrons. The van der Waals surface area contributed by atoms with Gasteiger partial charge in [-0.25, -0.2) is 0 Å². The molecule has 0 amide bonds. The molecule has 6 rings (SSSR count). The zero-order valence-electron chi connectivity index (χ0n) is 41.8. The molecule has 0 saturated heterocycles. The normalized spacial score (nSPS) is 19.2. The summed E-state index contributed by atoms with van der Waals surface area (Å²) in [5, 5.41) is 28.7. The smallest absolute Gasteiger partial charge is 0.0866 e. The fourth-order valence-electron chi connectivity index (χ4n) is 9.82. The van der Waals surface area contributed by atoms with Crippen molar-refractivity contribution < 1.29 is 25.7 Å². The zero-order valence-corrected chi connectivity index (χ0v) is 47.0. The third-order valence-corrected chi connectivity index (χ3v) is 41.8. The molecule has 4 aromatic carbocycles. The van der Waals surface area contributed by atoms with Crippen molar-refractivity contribution in [2.45, 2.75) is 191 Å². The predicted molar refractivity (Wildman–Crippen MR) is 287 cm³/mol. The van der Waals surface area contributed by atoms with Crippen LogP contribution in [-0.2, 0) is 37.8 Å². The van der Waals surface area contributed by atoms with Crippen LogP contribution in [0.4, 0.5) is 0 Å². The number of hydrogen-bond acceptors (Lipinski definition) is 2. The van der Waals surface area contributed by atoms with Gasteiger partial charge in [0.25, 0.3) is 0 Å². The van der Waals surface area contributed by atoms with Crippen molar-refractivity contribution in [2.24, 2.45) is 0 Å². The van der Waals surface area contributed by atoms with E-state index in [0.29, 0.717) is 27.4 Å². The summed E-state index contributed by atoms with van der Waals surface area (Å²) in [4.78, 5) is 0. The second-order valence-electron chi connectivity index (χ2n) is 20.5. The number of rotatable bonds is 12. The van der Waals surface area contributed by atoms with Gasteiger partial charge in [-0.15, -0.1) is 24.3 Å². The molecule has 2 nitrogen and oxygen atoms in total. The summed E-state index contributed by atoms with van der Waals surface area (Å²) in [6, 6.07) is 36.7. The van der Waals surface area contributed by atoms with Gasteiger partial charge in [-0.1, -0.05) is 12.1 Å². The first-order valence-electron chi connectivity index (χ1n) is 24.5. The van der Waals surface area contributed by atoms with Crippen LogP contribution in [-0.4, -0.2) is 36.9 Å². The molecule has 1 aliphatic carbocycles. The molecule has 1 fully saturated rings. The number of benzene rings is 4. The largest absolute Gasteiger partial charge is 0.199 e. The maximum atomic E-state index is 12.2. The first-order chi connectivity index (χ1) is 29.8. The Labute approximate surface area is 399 Å². The van der Waals surface area contributed by atoms with E-state index in [2.05, 4.69) is 121 Å². The molecule has 2 N–H and O–H groups in total. The number of phenols is 2. The van der Waals surface area contributed by atoms with E-state index >= 15 is 0 Å². The Morgan fingerprint density at radius 3 is 1.10 bits per heavy atom. The molecule has 0 aromatic heterocycles. The first kappa shape index (κ1) is 53.7. The maximum absolute atomic E-state index is 12.2. The molecule has 0 spiro atoms. The van der Waals surface area contributed by atoms with Gasteiger partial charge >= 0.3 is 317 Å². The number of hydrogen-bond donors (Lipinski definition) is 2. The van der Waals surface area contributed by atoms with Gasteiger partial charge in [-0.2, -0.15) is 49.2 Å². The van der Waals surface area contributed by atoms with Crippen molar-refractivity contribution >= 4 is 42.5 Å². The molecule has 348 valence electrons. The van der Waals surface area contributed by atoms with Crippen molar-refractivity contribution in [3.8, 4) is 11.5 Å². The molecular weight excluding hydrogens is 873 g/mol. The quantitative estimate of drug-likeness (QED) is 0.110. The van der Waals surface area contributed by atoms with Crippen LogP contribution in [0.15, 0.2) is 84.9 Å². The molecule has 63 heavy (non-hydrogen) atoms. The van der Waals surface area contributed by atoms with Gasteiger partial charge in [0, 0.05) is 0 Å². The van der Waals surface area contributed by atoms with Gasteiger partial charge in [0.2, 0.25) is 0 Å².